The van der Waals surface area contributed by atoms with Crippen molar-refractivity contribution in [2.75, 3.05) is 5.43 Å². The lowest BCUT2D eigenvalue weighted by Crippen LogP contribution is -1.98. The van der Waals surface area contributed by atoms with Crippen LogP contribution in [0.1, 0.15) is 5.56 Å². The van der Waals surface area contributed by atoms with E-state index in [1.54, 1.807) is 0 Å². The van der Waals surface area contributed by atoms with Crippen molar-refractivity contribution in [2.45, 2.75) is 4.90 Å². The number of aromatic hydroxyl groups is 1. The summed E-state index contributed by atoms with van der Waals surface area (Å²) >= 11 is 0. The van der Waals surface area contributed by atoms with Gasteiger partial charge in [-0.15, -0.1) is 0 Å². The monoisotopic (exact) mass is 337 g/mol. The standard InChI is InChI=1S/C13H11N3O6S/c17-13-6-3-11(16(18)19)7-9(13)8-14-15-10-1-4-12(5-2-10)23(20,21)22/h1-8,15,17H,(H,20,21,22)/b14-8+. The zero-order valence-corrected chi connectivity index (χ0v) is 12.3. The van der Waals surface area contributed by atoms with Gasteiger partial charge in [-0.2, -0.15) is 13.5 Å². The van der Waals surface area contributed by atoms with Crippen LogP contribution in [0.5, 0.6) is 5.75 Å². The van der Waals surface area contributed by atoms with Gasteiger partial charge in [-0.3, -0.25) is 20.1 Å². The lowest BCUT2D eigenvalue weighted by Gasteiger charge is -2.02. The number of rotatable bonds is 5. The maximum absolute atomic E-state index is 10.9. The van der Waals surface area contributed by atoms with Crippen LogP contribution in [0.3, 0.4) is 0 Å². The Morgan fingerprint density at radius 3 is 2.39 bits per heavy atom. The fourth-order valence-electron chi connectivity index (χ4n) is 1.64. The van der Waals surface area contributed by atoms with E-state index in [4.69, 9.17) is 4.55 Å². The third-order valence-electron chi connectivity index (χ3n) is 2.77. The van der Waals surface area contributed by atoms with Crippen molar-refractivity contribution in [1.29, 1.82) is 0 Å². The molecule has 0 atom stereocenters. The Hall–Kier alpha value is -2.98. The third kappa shape index (κ3) is 4.25. The summed E-state index contributed by atoms with van der Waals surface area (Å²) in [6, 6.07) is 8.59. The first-order valence-electron chi connectivity index (χ1n) is 6.11. The topological polar surface area (TPSA) is 142 Å². The smallest absolute Gasteiger partial charge is 0.294 e. The number of nitrogens with zero attached hydrogens (tertiary/aromatic N) is 2. The minimum absolute atomic E-state index is 0.140. The second-order valence-corrected chi connectivity index (χ2v) is 5.79. The van der Waals surface area contributed by atoms with Crippen LogP contribution in [0, 0.1) is 10.1 Å². The average Bonchev–Trinajstić information content (AvgIpc) is 2.48. The normalized spacial score (nSPS) is 11.5. The molecule has 0 spiro atoms. The summed E-state index contributed by atoms with van der Waals surface area (Å²) in [7, 11) is -4.26. The van der Waals surface area contributed by atoms with Crippen molar-refractivity contribution in [2.24, 2.45) is 5.10 Å². The van der Waals surface area contributed by atoms with Crippen molar-refractivity contribution in [3.63, 3.8) is 0 Å². The summed E-state index contributed by atoms with van der Waals surface area (Å²) in [5, 5.41) is 24.1. The fraction of sp³-hybridized carbons (Fsp3) is 0. The Morgan fingerprint density at radius 1 is 1.17 bits per heavy atom. The minimum Gasteiger partial charge on any atom is -0.507 e. The van der Waals surface area contributed by atoms with Crippen molar-refractivity contribution in [3.05, 3.63) is 58.1 Å². The molecule has 0 amide bonds. The number of benzene rings is 2. The van der Waals surface area contributed by atoms with Gasteiger partial charge in [0.2, 0.25) is 0 Å². The summed E-state index contributed by atoms with van der Waals surface area (Å²) < 4.78 is 30.6. The summed E-state index contributed by atoms with van der Waals surface area (Å²) in [6.45, 7) is 0. The lowest BCUT2D eigenvalue weighted by molar-refractivity contribution is -0.384. The van der Waals surface area contributed by atoms with Crippen molar-refractivity contribution in [3.8, 4) is 5.75 Å². The molecule has 2 aromatic rings. The van der Waals surface area contributed by atoms with Crippen LogP contribution in [-0.2, 0) is 10.1 Å². The molecular formula is C13H11N3O6S. The first kappa shape index (κ1) is 16.4. The Kier molecular flexibility index (Phi) is 4.57. The number of nitro groups is 1. The molecule has 0 bridgehead atoms. The minimum atomic E-state index is -4.26. The highest BCUT2D eigenvalue weighted by molar-refractivity contribution is 7.85. The van der Waals surface area contributed by atoms with Crippen LogP contribution >= 0.6 is 0 Å². The number of hydrogen-bond donors (Lipinski definition) is 3. The van der Waals surface area contributed by atoms with E-state index in [9.17, 15) is 23.6 Å². The number of phenols is 1. The van der Waals surface area contributed by atoms with Crippen LogP contribution in [0.4, 0.5) is 11.4 Å². The van der Waals surface area contributed by atoms with E-state index in [0.29, 0.717) is 5.69 Å². The molecule has 3 N–H and O–H groups in total. The molecule has 0 saturated heterocycles. The molecule has 0 radical (unpaired) electrons. The lowest BCUT2D eigenvalue weighted by atomic mass is 10.2. The SMILES string of the molecule is O=[N+]([O-])c1ccc(O)c(/C=N/Nc2ccc(S(=O)(=O)O)cc2)c1. The Morgan fingerprint density at radius 2 is 1.83 bits per heavy atom. The molecule has 0 unspecified atom stereocenters. The third-order valence-corrected chi connectivity index (χ3v) is 3.64. The summed E-state index contributed by atoms with van der Waals surface area (Å²) in [5.41, 5.74) is 2.92. The first-order chi connectivity index (χ1) is 10.8. The van der Waals surface area contributed by atoms with Gasteiger partial charge in [0.15, 0.2) is 0 Å². The molecule has 0 aliphatic heterocycles. The van der Waals surface area contributed by atoms with Crippen molar-refractivity contribution >= 4 is 27.7 Å². The first-order valence-corrected chi connectivity index (χ1v) is 7.55. The number of anilines is 1. The Labute approximate surface area is 130 Å². The van der Waals surface area contributed by atoms with E-state index < -0.39 is 15.0 Å². The number of hydrazone groups is 1. The number of non-ortho nitro benzene ring substituents is 1. The van der Waals surface area contributed by atoms with Crippen LogP contribution < -0.4 is 5.43 Å². The zero-order valence-electron chi connectivity index (χ0n) is 11.4. The van der Waals surface area contributed by atoms with Gasteiger partial charge in [0.1, 0.15) is 5.75 Å². The van der Waals surface area contributed by atoms with Gasteiger partial charge in [-0.1, -0.05) is 0 Å². The summed E-state index contributed by atoms with van der Waals surface area (Å²) in [4.78, 5) is 9.81. The van der Waals surface area contributed by atoms with E-state index in [2.05, 4.69) is 10.5 Å². The zero-order chi connectivity index (χ0) is 17.0. The highest BCUT2D eigenvalue weighted by Crippen LogP contribution is 2.21. The molecule has 0 saturated carbocycles. The second kappa shape index (κ2) is 6.42. The van der Waals surface area contributed by atoms with Gasteiger partial charge < -0.3 is 5.11 Å². The number of nitrogens with one attached hydrogen (secondary N) is 1. The van der Waals surface area contributed by atoms with E-state index in [1.807, 2.05) is 0 Å². The molecule has 0 aliphatic carbocycles. The molecule has 0 aromatic heterocycles. The predicted molar refractivity (Wildman–Crippen MR) is 82.2 cm³/mol. The van der Waals surface area contributed by atoms with Crippen molar-refractivity contribution < 1.29 is 23.0 Å². The van der Waals surface area contributed by atoms with Gasteiger partial charge in [-0.25, -0.2) is 0 Å². The Balaban J connectivity index is 2.13. The predicted octanol–water partition coefficient (Wildman–Crippen LogP) is 1.99. The number of nitro benzene ring substituents is 1. The molecule has 120 valence electrons. The maximum Gasteiger partial charge on any atom is 0.294 e. The molecule has 0 aliphatic rings. The quantitative estimate of drug-likeness (QED) is 0.328. The van der Waals surface area contributed by atoms with Gasteiger partial charge in [-0.05, 0) is 30.3 Å². The van der Waals surface area contributed by atoms with E-state index >= 15 is 0 Å². The molecule has 9 nitrogen and oxygen atoms in total. The van der Waals surface area contributed by atoms with Crippen LogP contribution in [-0.4, -0.2) is 29.2 Å². The van der Waals surface area contributed by atoms with E-state index in [0.717, 1.165) is 12.1 Å². The highest BCUT2D eigenvalue weighted by atomic mass is 32.2. The number of hydrogen-bond acceptors (Lipinski definition) is 7. The summed E-state index contributed by atoms with van der Waals surface area (Å²) in [5.74, 6) is -0.178. The van der Waals surface area contributed by atoms with Gasteiger partial charge >= 0.3 is 0 Å². The van der Waals surface area contributed by atoms with Crippen LogP contribution in [0.25, 0.3) is 0 Å². The van der Waals surface area contributed by atoms with Gasteiger partial charge in [0.25, 0.3) is 15.8 Å². The second-order valence-electron chi connectivity index (χ2n) is 4.37. The average molecular weight is 337 g/mol. The molecular weight excluding hydrogens is 326 g/mol. The molecule has 23 heavy (non-hydrogen) atoms. The molecule has 2 aromatic carbocycles. The van der Waals surface area contributed by atoms with E-state index in [1.165, 1.54) is 36.5 Å². The maximum atomic E-state index is 10.9. The van der Waals surface area contributed by atoms with Crippen LogP contribution in [0.15, 0.2) is 52.5 Å². The fourth-order valence-corrected chi connectivity index (χ4v) is 2.12. The number of phenolic OH excluding ortho intramolecular Hbond substituents is 1. The largest absolute Gasteiger partial charge is 0.507 e. The van der Waals surface area contributed by atoms with Crippen LogP contribution in [0.2, 0.25) is 0 Å². The molecule has 0 fully saturated rings. The summed E-state index contributed by atoms with van der Waals surface area (Å²) in [6.07, 6.45) is 1.18. The highest BCUT2D eigenvalue weighted by Gasteiger charge is 2.09. The van der Waals surface area contributed by atoms with Gasteiger partial charge in [0.05, 0.1) is 21.7 Å². The molecule has 10 heteroatoms. The van der Waals surface area contributed by atoms with Crippen molar-refractivity contribution in [1.82, 2.24) is 0 Å². The molecule has 0 heterocycles. The van der Waals surface area contributed by atoms with E-state index in [-0.39, 0.29) is 21.9 Å². The Bertz CT molecular complexity index is 862. The molecule has 2 rings (SSSR count). The van der Waals surface area contributed by atoms with Gasteiger partial charge in [0, 0.05) is 17.7 Å².